The Morgan fingerprint density at radius 1 is 1.14 bits per heavy atom. The van der Waals surface area contributed by atoms with Crippen molar-refractivity contribution in [2.45, 2.75) is 64.7 Å². The molecule has 1 rings (SSSR count). The summed E-state index contributed by atoms with van der Waals surface area (Å²) >= 11 is 0. The third-order valence-electron chi connectivity index (χ3n) is 3.99. The molecule has 0 fully saturated rings. The molecule has 0 aliphatic carbocycles. The van der Waals surface area contributed by atoms with Gasteiger partial charge in [-0.05, 0) is 37.2 Å². The second-order valence-electron chi connectivity index (χ2n) is 5.60. The molecule has 1 aromatic rings. The zero-order valence-electron chi connectivity index (χ0n) is 13.3. The van der Waals surface area contributed by atoms with E-state index in [4.69, 9.17) is 0 Å². The third-order valence-corrected chi connectivity index (χ3v) is 3.99. The van der Waals surface area contributed by atoms with Crippen molar-refractivity contribution < 1.29 is 9.90 Å². The first-order valence-electron chi connectivity index (χ1n) is 8.16. The van der Waals surface area contributed by atoms with E-state index in [-0.39, 0.29) is 0 Å². The van der Waals surface area contributed by atoms with Gasteiger partial charge in [-0.25, -0.2) is 4.79 Å². The maximum absolute atomic E-state index is 11.3. The van der Waals surface area contributed by atoms with Crippen molar-refractivity contribution in [2.24, 2.45) is 0 Å². The summed E-state index contributed by atoms with van der Waals surface area (Å²) in [5.74, 6) is -0.342. The first kappa shape index (κ1) is 17.5. The Morgan fingerprint density at radius 3 is 2.43 bits per heavy atom. The fourth-order valence-corrected chi connectivity index (χ4v) is 2.59. The number of unbranched alkanes of at least 4 members (excludes halogenated alkanes) is 3. The number of carboxylic acid groups (broad SMARTS) is 1. The van der Waals surface area contributed by atoms with Crippen LogP contribution >= 0.6 is 0 Å². The second kappa shape index (κ2) is 10.2. The van der Waals surface area contributed by atoms with E-state index >= 15 is 0 Å². The van der Waals surface area contributed by atoms with Gasteiger partial charge in [-0.3, -0.25) is 0 Å². The van der Waals surface area contributed by atoms with Crippen LogP contribution in [0.4, 0.5) is 0 Å². The number of hydrogen-bond donors (Lipinski definition) is 1. The topological polar surface area (TPSA) is 37.3 Å². The van der Waals surface area contributed by atoms with E-state index in [1.807, 2.05) is 24.3 Å². The summed E-state index contributed by atoms with van der Waals surface area (Å²) in [6, 6.07) is 10.4. The van der Waals surface area contributed by atoms with Gasteiger partial charge >= 0.3 is 5.97 Å². The highest BCUT2D eigenvalue weighted by Gasteiger charge is 2.11. The van der Waals surface area contributed by atoms with Crippen LogP contribution in [-0.4, -0.2) is 11.1 Å². The minimum absolute atomic E-state index is 0.413. The highest BCUT2D eigenvalue weighted by molar-refractivity contribution is 5.86. The summed E-state index contributed by atoms with van der Waals surface area (Å²) in [5.41, 5.74) is 1.88. The SMILES string of the molecule is CCCCCCC(=CCC(CC)c1ccccc1)C(=O)O. The van der Waals surface area contributed by atoms with Crippen LogP contribution in [0, 0.1) is 0 Å². The van der Waals surface area contributed by atoms with Crippen LogP contribution in [0.5, 0.6) is 0 Å². The fraction of sp³-hybridized carbons (Fsp3) is 0.526. The first-order chi connectivity index (χ1) is 10.2. The van der Waals surface area contributed by atoms with Gasteiger partial charge < -0.3 is 5.11 Å². The van der Waals surface area contributed by atoms with Crippen LogP contribution < -0.4 is 0 Å². The summed E-state index contributed by atoms with van der Waals surface area (Å²) < 4.78 is 0. The average Bonchev–Trinajstić information content (AvgIpc) is 2.50. The number of benzene rings is 1. The molecule has 1 unspecified atom stereocenters. The van der Waals surface area contributed by atoms with Gasteiger partial charge in [0.25, 0.3) is 0 Å². The Balaban J connectivity index is 2.61. The number of carboxylic acids is 1. The molecule has 0 aromatic heterocycles. The number of rotatable bonds is 10. The Bertz CT molecular complexity index is 434. The van der Waals surface area contributed by atoms with E-state index in [2.05, 4.69) is 26.0 Å². The van der Waals surface area contributed by atoms with Crippen LogP contribution in [0.15, 0.2) is 42.0 Å². The van der Waals surface area contributed by atoms with Crippen molar-refractivity contribution in [2.75, 3.05) is 0 Å². The molecular weight excluding hydrogens is 260 g/mol. The van der Waals surface area contributed by atoms with Gasteiger partial charge in [0.15, 0.2) is 0 Å². The van der Waals surface area contributed by atoms with Gasteiger partial charge in [0.2, 0.25) is 0 Å². The molecule has 1 atom stereocenters. The minimum Gasteiger partial charge on any atom is -0.478 e. The van der Waals surface area contributed by atoms with Crippen LogP contribution in [0.1, 0.15) is 70.3 Å². The number of aliphatic carboxylic acids is 1. The largest absolute Gasteiger partial charge is 0.478 e. The second-order valence-corrected chi connectivity index (χ2v) is 5.60. The van der Waals surface area contributed by atoms with Crippen molar-refractivity contribution in [1.82, 2.24) is 0 Å². The quantitative estimate of drug-likeness (QED) is 0.452. The van der Waals surface area contributed by atoms with Crippen molar-refractivity contribution in [3.8, 4) is 0 Å². The minimum atomic E-state index is -0.755. The number of carbonyl (C=O) groups is 1. The van der Waals surface area contributed by atoms with E-state index in [1.54, 1.807) is 0 Å². The highest BCUT2D eigenvalue weighted by atomic mass is 16.4. The van der Waals surface area contributed by atoms with Crippen LogP contribution in [0.2, 0.25) is 0 Å². The molecule has 0 heterocycles. The van der Waals surface area contributed by atoms with E-state index in [0.29, 0.717) is 17.9 Å². The van der Waals surface area contributed by atoms with Gasteiger partial charge in [0.1, 0.15) is 0 Å². The standard InChI is InChI=1S/C19H28O2/c1-3-5-6-8-13-18(19(20)21)15-14-16(4-2)17-11-9-7-10-12-17/h7,9-12,15-16H,3-6,8,13-14H2,1-2H3,(H,20,21). The van der Waals surface area contributed by atoms with E-state index < -0.39 is 5.97 Å². The van der Waals surface area contributed by atoms with Gasteiger partial charge in [-0.15, -0.1) is 0 Å². The smallest absolute Gasteiger partial charge is 0.331 e. The summed E-state index contributed by atoms with van der Waals surface area (Å²) in [6.45, 7) is 4.33. The number of hydrogen-bond acceptors (Lipinski definition) is 1. The summed E-state index contributed by atoms with van der Waals surface area (Å²) in [7, 11) is 0. The van der Waals surface area contributed by atoms with E-state index in [9.17, 15) is 9.90 Å². The summed E-state index contributed by atoms with van der Waals surface area (Å²) in [4.78, 5) is 11.3. The fourth-order valence-electron chi connectivity index (χ4n) is 2.59. The van der Waals surface area contributed by atoms with Crippen LogP contribution in [-0.2, 0) is 4.79 Å². The molecule has 21 heavy (non-hydrogen) atoms. The van der Waals surface area contributed by atoms with Crippen LogP contribution in [0.3, 0.4) is 0 Å². The van der Waals surface area contributed by atoms with Gasteiger partial charge in [0, 0.05) is 5.57 Å². The monoisotopic (exact) mass is 288 g/mol. The molecule has 116 valence electrons. The molecule has 2 nitrogen and oxygen atoms in total. The Labute approximate surface area is 128 Å². The lowest BCUT2D eigenvalue weighted by Crippen LogP contribution is -2.03. The maximum atomic E-state index is 11.3. The van der Waals surface area contributed by atoms with Gasteiger partial charge in [-0.1, -0.05) is 69.5 Å². The van der Waals surface area contributed by atoms with E-state index in [1.165, 1.54) is 18.4 Å². The van der Waals surface area contributed by atoms with E-state index in [0.717, 1.165) is 25.7 Å². The molecule has 1 aromatic carbocycles. The lowest BCUT2D eigenvalue weighted by atomic mass is 9.92. The first-order valence-corrected chi connectivity index (χ1v) is 8.16. The van der Waals surface area contributed by atoms with Gasteiger partial charge in [-0.2, -0.15) is 0 Å². The van der Waals surface area contributed by atoms with Crippen molar-refractivity contribution >= 4 is 5.97 Å². The molecule has 0 amide bonds. The maximum Gasteiger partial charge on any atom is 0.331 e. The predicted octanol–water partition coefficient (Wildman–Crippen LogP) is 5.55. The Kier molecular flexibility index (Phi) is 8.49. The third kappa shape index (κ3) is 6.61. The number of allylic oxidation sites excluding steroid dienone is 1. The molecule has 0 spiro atoms. The zero-order valence-corrected chi connectivity index (χ0v) is 13.3. The highest BCUT2D eigenvalue weighted by Crippen LogP contribution is 2.24. The predicted molar refractivity (Wildman–Crippen MR) is 88.6 cm³/mol. The Hall–Kier alpha value is -1.57. The van der Waals surface area contributed by atoms with Gasteiger partial charge in [0.05, 0.1) is 0 Å². The average molecular weight is 288 g/mol. The summed E-state index contributed by atoms with van der Waals surface area (Å²) in [5, 5.41) is 9.32. The molecule has 0 saturated heterocycles. The molecule has 0 aliphatic heterocycles. The lowest BCUT2D eigenvalue weighted by Gasteiger charge is -2.13. The zero-order chi connectivity index (χ0) is 15.5. The molecule has 0 bridgehead atoms. The van der Waals surface area contributed by atoms with Crippen molar-refractivity contribution in [3.63, 3.8) is 0 Å². The molecule has 0 aliphatic rings. The Morgan fingerprint density at radius 2 is 1.86 bits per heavy atom. The normalized spacial score (nSPS) is 13.1. The van der Waals surface area contributed by atoms with Crippen molar-refractivity contribution in [1.29, 1.82) is 0 Å². The molecule has 2 heteroatoms. The molecule has 0 saturated carbocycles. The molecular formula is C19H28O2. The van der Waals surface area contributed by atoms with Crippen molar-refractivity contribution in [3.05, 3.63) is 47.5 Å². The summed E-state index contributed by atoms with van der Waals surface area (Å²) in [6.07, 6.45) is 8.95. The lowest BCUT2D eigenvalue weighted by molar-refractivity contribution is -0.132. The molecule has 0 radical (unpaired) electrons. The van der Waals surface area contributed by atoms with Crippen LogP contribution in [0.25, 0.3) is 0 Å². The molecule has 1 N–H and O–H groups in total.